The van der Waals surface area contributed by atoms with E-state index in [0.717, 1.165) is 16.7 Å². The van der Waals surface area contributed by atoms with E-state index in [1.807, 2.05) is 72.8 Å². The Morgan fingerprint density at radius 3 is 2.27 bits per heavy atom. The SMILES string of the molecule is COc1ccc(CN2C[C@H]3N(C(=O)CN3N(C)C(=O)NCc3ccccc3)[C@@H](c3ccccc3)C2=O)cc1OC. The molecule has 0 aliphatic carbocycles. The first-order chi connectivity index (χ1) is 19.4. The molecule has 2 fully saturated rings. The average molecular weight is 544 g/mol. The minimum atomic E-state index is -0.807. The third-order valence-corrected chi connectivity index (χ3v) is 7.36. The summed E-state index contributed by atoms with van der Waals surface area (Å²) in [5.41, 5.74) is 2.55. The van der Waals surface area contributed by atoms with Gasteiger partial charge in [0.05, 0.1) is 27.3 Å². The normalized spacial score (nSPS) is 18.9. The molecule has 1 N–H and O–H groups in total. The fourth-order valence-electron chi connectivity index (χ4n) is 5.30. The summed E-state index contributed by atoms with van der Waals surface area (Å²) in [5, 5.41) is 6.09. The number of carbonyl (C=O) groups excluding carboxylic acids is 3. The third-order valence-electron chi connectivity index (χ3n) is 7.36. The molecule has 208 valence electrons. The second-order valence-corrected chi connectivity index (χ2v) is 9.77. The fraction of sp³-hybridized carbons (Fsp3) is 0.300. The molecule has 0 saturated carbocycles. The summed E-state index contributed by atoms with van der Waals surface area (Å²) in [6.45, 7) is 0.884. The molecule has 0 spiro atoms. The zero-order valence-corrected chi connectivity index (χ0v) is 22.8. The maximum atomic E-state index is 13.9. The van der Waals surface area contributed by atoms with Crippen LogP contribution in [0, 0.1) is 0 Å². The van der Waals surface area contributed by atoms with Crippen LogP contribution in [-0.4, -0.2) is 78.2 Å². The number of fused-ring (bicyclic) bond motifs is 1. The number of rotatable bonds is 8. The molecule has 2 atom stereocenters. The van der Waals surface area contributed by atoms with Crippen molar-refractivity contribution < 1.29 is 23.9 Å². The molecule has 5 rings (SSSR count). The Balaban J connectivity index is 1.42. The van der Waals surface area contributed by atoms with E-state index in [1.54, 1.807) is 42.1 Å². The van der Waals surface area contributed by atoms with Crippen molar-refractivity contribution in [3.8, 4) is 11.5 Å². The van der Waals surface area contributed by atoms with E-state index in [2.05, 4.69) is 5.32 Å². The Hall–Kier alpha value is -4.57. The van der Waals surface area contributed by atoms with Crippen LogP contribution in [0.1, 0.15) is 22.7 Å². The summed E-state index contributed by atoms with van der Waals surface area (Å²) >= 11 is 0. The number of nitrogens with zero attached hydrogens (tertiary/aromatic N) is 4. The van der Waals surface area contributed by atoms with Gasteiger partial charge in [0, 0.05) is 20.1 Å². The minimum absolute atomic E-state index is 0.0132. The molecule has 10 heteroatoms. The van der Waals surface area contributed by atoms with Crippen LogP contribution in [0.3, 0.4) is 0 Å². The molecule has 3 aromatic rings. The monoisotopic (exact) mass is 543 g/mol. The van der Waals surface area contributed by atoms with Crippen molar-refractivity contribution in [3.05, 3.63) is 95.6 Å². The molecular formula is C30H33N5O5. The van der Waals surface area contributed by atoms with Crippen molar-refractivity contribution in [3.63, 3.8) is 0 Å². The maximum absolute atomic E-state index is 13.9. The number of hydrogen-bond donors (Lipinski definition) is 1. The van der Waals surface area contributed by atoms with Crippen molar-refractivity contribution >= 4 is 17.8 Å². The van der Waals surface area contributed by atoms with E-state index in [-0.39, 0.29) is 30.9 Å². The molecule has 2 aliphatic heterocycles. The van der Waals surface area contributed by atoms with Gasteiger partial charge >= 0.3 is 6.03 Å². The molecule has 0 radical (unpaired) electrons. The number of amides is 4. The minimum Gasteiger partial charge on any atom is -0.493 e. The van der Waals surface area contributed by atoms with Gasteiger partial charge in [-0.25, -0.2) is 4.79 Å². The lowest BCUT2D eigenvalue weighted by molar-refractivity contribution is -0.157. The zero-order chi connectivity index (χ0) is 28.2. The van der Waals surface area contributed by atoms with E-state index >= 15 is 0 Å². The van der Waals surface area contributed by atoms with Gasteiger partial charge in [0.2, 0.25) is 5.91 Å². The van der Waals surface area contributed by atoms with E-state index in [9.17, 15) is 14.4 Å². The number of benzene rings is 3. The lowest BCUT2D eigenvalue weighted by Crippen LogP contribution is -2.62. The number of piperazine rings is 1. The summed E-state index contributed by atoms with van der Waals surface area (Å²) < 4.78 is 10.8. The van der Waals surface area contributed by atoms with Crippen molar-refractivity contribution in [1.29, 1.82) is 0 Å². The highest BCUT2D eigenvalue weighted by atomic mass is 16.5. The van der Waals surface area contributed by atoms with Crippen LogP contribution in [0.4, 0.5) is 4.79 Å². The average Bonchev–Trinajstić information content (AvgIpc) is 3.32. The van der Waals surface area contributed by atoms with Crippen molar-refractivity contribution in [1.82, 2.24) is 25.1 Å². The Morgan fingerprint density at radius 1 is 0.925 bits per heavy atom. The number of methoxy groups -OCH3 is 2. The highest BCUT2D eigenvalue weighted by molar-refractivity contribution is 5.92. The van der Waals surface area contributed by atoms with Gasteiger partial charge in [-0.05, 0) is 28.8 Å². The van der Waals surface area contributed by atoms with Crippen LogP contribution >= 0.6 is 0 Å². The number of urea groups is 1. The Bertz CT molecular complexity index is 1370. The van der Waals surface area contributed by atoms with E-state index in [1.165, 1.54) is 5.01 Å². The van der Waals surface area contributed by atoms with Crippen LogP contribution < -0.4 is 14.8 Å². The summed E-state index contributed by atoms with van der Waals surface area (Å²) in [7, 11) is 4.78. The summed E-state index contributed by atoms with van der Waals surface area (Å²) in [6.07, 6.45) is -0.525. The van der Waals surface area contributed by atoms with Gasteiger partial charge in [0.15, 0.2) is 11.5 Å². The molecule has 2 saturated heterocycles. The molecule has 0 aromatic heterocycles. The molecule has 4 amide bonds. The number of carbonyl (C=O) groups is 3. The van der Waals surface area contributed by atoms with Gasteiger partial charge < -0.3 is 24.6 Å². The van der Waals surface area contributed by atoms with Crippen molar-refractivity contribution in [2.45, 2.75) is 25.3 Å². The second-order valence-electron chi connectivity index (χ2n) is 9.77. The predicted molar refractivity (Wildman–Crippen MR) is 148 cm³/mol. The lowest BCUT2D eigenvalue weighted by atomic mass is 10.00. The highest BCUT2D eigenvalue weighted by Gasteiger charge is 2.52. The molecule has 10 nitrogen and oxygen atoms in total. The van der Waals surface area contributed by atoms with E-state index in [0.29, 0.717) is 24.6 Å². The largest absolute Gasteiger partial charge is 0.493 e. The molecular weight excluding hydrogens is 510 g/mol. The van der Waals surface area contributed by atoms with Crippen LogP contribution in [0.5, 0.6) is 11.5 Å². The van der Waals surface area contributed by atoms with Crippen LogP contribution in [0.15, 0.2) is 78.9 Å². The molecule has 2 aliphatic rings. The first kappa shape index (κ1) is 27.0. The quantitative estimate of drug-likeness (QED) is 0.470. The van der Waals surface area contributed by atoms with Gasteiger partial charge in [0.25, 0.3) is 5.91 Å². The number of hydrazine groups is 1. The van der Waals surface area contributed by atoms with Gasteiger partial charge in [-0.2, -0.15) is 5.01 Å². The third kappa shape index (κ3) is 5.30. The van der Waals surface area contributed by atoms with Crippen molar-refractivity contribution in [2.24, 2.45) is 0 Å². The molecule has 3 aromatic carbocycles. The lowest BCUT2D eigenvalue weighted by Gasteiger charge is -2.45. The Labute approximate surface area is 233 Å². The van der Waals surface area contributed by atoms with Gasteiger partial charge in [0.1, 0.15) is 12.2 Å². The summed E-state index contributed by atoms with van der Waals surface area (Å²) in [6, 6.07) is 23.3. The first-order valence-electron chi connectivity index (χ1n) is 13.1. The topological polar surface area (TPSA) is 94.7 Å². The number of hydrogen-bond acceptors (Lipinski definition) is 6. The van der Waals surface area contributed by atoms with Crippen LogP contribution in [0.2, 0.25) is 0 Å². The maximum Gasteiger partial charge on any atom is 0.332 e. The fourth-order valence-corrected chi connectivity index (χ4v) is 5.30. The zero-order valence-electron chi connectivity index (χ0n) is 22.8. The molecule has 40 heavy (non-hydrogen) atoms. The first-order valence-corrected chi connectivity index (χ1v) is 13.1. The van der Waals surface area contributed by atoms with Gasteiger partial charge in [-0.1, -0.05) is 66.7 Å². The molecule has 2 heterocycles. The number of nitrogens with one attached hydrogen (secondary N) is 1. The predicted octanol–water partition coefficient (Wildman–Crippen LogP) is 3.01. The standard InChI is InChI=1S/C30H33N5O5/c1-32(30(38)31-17-21-10-6-4-7-11-21)34-20-27(36)35-26(34)19-33(29(37)28(35)23-12-8-5-9-13-23)18-22-14-15-24(39-2)25(16-22)40-3/h4-16,26,28H,17-20H2,1-3H3,(H,31,38)/t26-,28+/m1/s1. The molecule has 0 bridgehead atoms. The smallest absolute Gasteiger partial charge is 0.332 e. The van der Waals surface area contributed by atoms with Crippen LogP contribution in [-0.2, 0) is 22.7 Å². The second kappa shape index (κ2) is 11.7. The van der Waals surface area contributed by atoms with Gasteiger partial charge in [-0.15, -0.1) is 0 Å². The number of ether oxygens (including phenoxy) is 2. The summed E-state index contributed by atoms with van der Waals surface area (Å²) in [5.74, 6) is 0.780. The van der Waals surface area contributed by atoms with Crippen LogP contribution in [0.25, 0.3) is 0 Å². The van der Waals surface area contributed by atoms with Crippen molar-refractivity contribution in [2.75, 3.05) is 34.4 Å². The highest BCUT2D eigenvalue weighted by Crippen LogP contribution is 2.36. The van der Waals surface area contributed by atoms with Gasteiger partial charge in [-0.3, -0.25) is 14.6 Å². The van der Waals surface area contributed by atoms with E-state index in [4.69, 9.17) is 9.47 Å². The Morgan fingerprint density at radius 2 is 1.60 bits per heavy atom. The Kier molecular flexibility index (Phi) is 7.88. The molecule has 0 unspecified atom stereocenters. The summed E-state index contributed by atoms with van der Waals surface area (Å²) in [4.78, 5) is 43.8. The van der Waals surface area contributed by atoms with E-state index < -0.39 is 12.2 Å².